The summed E-state index contributed by atoms with van der Waals surface area (Å²) in [5.41, 5.74) is 1.38. The lowest BCUT2D eigenvalue weighted by atomic mass is 9.95. The van der Waals surface area contributed by atoms with Crippen LogP contribution in [0.3, 0.4) is 0 Å². The molecule has 0 bridgehead atoms. The number of benzene rings is 1. The molecule has 2 fully saturated rings. The minimum absolute atomic E-state index is 0.0197. The molecule has 2 saturated carbocycles. The molecule has 0 unspecified atom stereocenters. The van der Waals surface area contributed by atoms with Gasteiger partial charge in [-0.15, -0.1) is 0 Å². The van der Waals surface area contributed by atoms with Gasteiger partial charge in [0.05, 0.1) is 6.54 Å². The van der Waals surface area contributed by atoms with Gasteiger partial charge in [-0.3, -0.25) is 9.59 Å². The quantitative estimate of drug-likeness (QED) is 0.728. The zero-order valence-electron chi connectivity index (χ0n) is 15.6. The maximum absolute atomic E-state index is 12.3. The van der Waals surface area contributed by atoms with Crippen molar-refractivity contribution in [1.29, 1.82) is 0 Å². The van der Waals surface area contributed by atoms with Gasteiger partial charge in [0.1, 0.15) is 0 Å². The number of carbonyl (C=O) groups is 2. The zero-order chi connectivity index (χ0) is 18.2. The van der Waals surface area contributed by atoms with Crippen LogP contribution in [0.2, 0.25) is 0 Å². The minimum Gasteiger partial charge on any atom is -0.349 e. The predicted molar refractivity (Wildman–Crippen MR) is 104 cm³/mol. The highest BCUT2D eigenvalue weighted by atomic mass is 16.2. The summed E-state index contributed by atoms with van der Waals surface area (Å²) < 4.78 is 0. The van der Waals surface area contributed by atoms with Crippen molar-refractivity contribution in [3.63, 3.8) is 0 Å². The monoisotopic (exact) mass is 357 g/mol. The Kier molecular flexibility index (Phi) is 7.06. The van der Waals surface area contributed by atoms with Gasteiger partial charge in [-0.2, -0.15) is 0 Å². The smallest absolute Gasteiger partial charge is 0.251 e. The van der Waals surface area contributed by atoms with Crippen molar-refractivity contribution in [2.75, 3.05) is 11.9 Å². The average molecular weight is 357 g/mol. The number of hydrogen-bond acceptors (Lipinski definition) is 3. The van der Waals surface area contributed by atoms with Gasteiger partial charge < -0.3 is 16.0 Å². The highest BCUT2D eigenvalue weighted by molar-refractivity contribution is 5.96. The third-order valence-corrected chi connectivity index (χ3v) is 5.53. The van der Waals surface area contributed by atoms with Crippen LogP contribution in [0.15, 0.2) is 24.3 Å². The Morgan fingerprint density at radius 2 is 1.38 bits per heavy atom. The SMILES string of the molecule is O=C(CNC1CCCCC1)Nc1ccc(C(=O)NC2CCCCC2)cc1. The summed E-state index contributed by atoms with van der Waals surface area (Å²) in [4.78, 5) is 24.4. The predicted octanol–water partition coefficient (Wildman–Crippen LogP) is 3.61. The highest BCUT2D eigenvalue weighted by Gasteiger charge is 2.17. The van der Waals surface area contributed by atoms with Crippen molar-refractivity contribution in [1.82, 2.24) is 10.6 Å². The first-order valence-corrected chi connectivity index (χ1v) is 10.1. The van der Waals surface area contributed by atoms with Crippen LogP contribution < -0.4 is 16.0 Å². The lowest BCUT2D eigenvalue weighted by Gasteiger charge is -2.23. The second kappa shape index (κ2) is 9.72. The van der Waals surface area contributed by atoms with Gasteiger partial charge in [0.15, 0.2) is 0 Å². The van der Waals surface area contributed by atoms with Gasteiger partial charge in [0.2, 0.25) is 5.91 Å². The molecule has 1 aromatic carbocycles. The lowest BCUT2D eigenvalue weighted by molar-refractivity contribution is -0.115. The number of anilines is 1. The van der Waals surface area contributed by atoms with Gasteiger partial charge in [0, 0.05) is 23.3 Å². The van der Waals surface area contributed by atoms with E-state index in [9.17, 15) is 9.59 Å². The van der Waals surface area contributed by atoms with E-state index < -0.39 is 0 Å². The summed E-state index contributed by atoms with van der Waals surface area (Å²) in [6.07, 6.45) is 12.0. The molecule has 0 saturated heterocycles. The summed E-state index contributed by atoms with van der Waals surface area (Å²) >= 11 is 0. The normalized spacial score (nSPS) is 19.1. The summed E-state index contributed by atoms with van der Waals surface area (Å²) in [5, 5.41) is 9.35. The van der Waals surface area contributed by atoms with Gasteiger partial charge in [-0.05, 0) is 49.9 Å². The number of hydrogen-bond donors (Lipinski definition) is 3. The first-order valence-electron chi connectivity index (χ1n) is 10.1. The van der Waals surface area contributed by atoms with Crippen LogP contribution in [0, 0.1) is 0 Å². The second-order valence-electron chi connectivity index (χ2n) is 7.65. The van der Waals surface area contributed by atoms with Crippen LogP contribution in [-0.4, -0.2) is 30.4 Å². The molecule has 0 aliphatic heterocycles. The molecule has 1 aromatic rings. The number of carbonyl (C=O) groups excluding carboxylic acids is 2. The fraction of sp³-hybridized carbons (Fsp3) is 0.619. The molecule has 2 amide bonds. The summed E-state index contributed by atoms with van der Waals surface area (Å²) in [6.45, 7) is 0.342. The van der Waals surface area contributed by atoms with E-state index in [1.165, 1.54) is 38.5 Å². The van der Waals surface area contributed by atoms with E-state index in [2.05, 4.69) is 16.0 Å². The van der Waals surface area contributed by atoms with Crippen LogP contribution in [0.5, 0.6) is 0 Å². The topological polar surface area (TPSA) is 70.2 Å². The molecular weight excluding hydrogens is 326 g/mol. The molecule has 26 heavy (non-hydrogen) atoms. The van der Waals surface area contributed by atoms with E-state index >= 15 is 0 Å². The second-order valence-corrected chi connectivity index (χ2v) is 7.65. The fourth-order valence-corrected chi connectivity index (χ4v) is 3.97. The summed E-state index contributed by atoms with van der Waals surface area (Å²) in [7, 11) is 0. The average Bonchev–Trinajstić information content (AvgIpc) is 2.68. The van der Waals surface area contributed by atoms with Crippen LogP contribution in [0.4, 0.5) is 5.69 Å². The molecule has 3 rings (SSSR count). The Morgan fingerprint density at radius 1 is 0.808 bits per heavy atom. The third kappa shape index (κ3) is 5.84. The fourth-order valence-electron chi connectivity index (χ4n) is 3.97. The molecule has 5 heteroatoms. The van der Waals surface area contributed by atoms with E-state index in [1.54, 1.807) is 24.3 Å². The van der Waals surface area contributed by atoms with Crippen molar-refractivity contribution in [2.24, 2.45) is 0 Å². The van der Waals surface area contributed by atoms with Gasteiger partial charge >= 0.3 is 0 Å². The Balaban J connectivity index is 1.42. The van der Waals surface area contributed by atoms with E-state index in [4.69, 9.17) is 0 Å². The molecule has 0 heterocycles. The molecule has 0 radical (unpaired) electrons. The van der Waals surface area contributed by atoms with E-state index in [1.807, 2.05) is 0 Å². The maximum atomic E-state index is 12.3. The molecular formula is C21H31N3O2. The van der Waals surface area contributed by atoms with Crippen molar-refractivity contribution in [3.05, 3.63) is 29.8 Å². The van der Waals surface area contributed by atoms with E-state index in [0.29, 0.717) is 24.2 Å². The molecule has 3 N–H and O–H groups in total. The lowest BCUT2D eigenvalue weighted by Crippen LogP contribution is -2.37. The Labute approximate surface area is 156 Å². The standard InChI is InChI=1S/C21H31N3O2/c25-20(15-22-17-7-3-1-4-8-17)23-19-13-11-16(12-14-19)21(26)24-18-9-5-2-6-10-18/h11-14,17-18,22H,1-10,15H2,(H,23,25)(H,24,26). The Hall–Kier alpha value is -1.88. The van der Waals surface area contributed by atoms with E-state index in [0.717, 1.165) is 31.4 Å². The van der Waals surface area contributed by atoms with Crippen molar-refractivity contribution in [2.45, 2.75) is 76.3 Å². The summed E-state index contributed by atoms with van der Waals surface area (Å²) in [6, 6.07) is 7.94. The van der Waals surface area contributed by atoms with E-state index in [-0.39, 0.29) is 11.8 Å². The number of nitrogens with one attached hydrogen (secondary N) is 3. The molecule has 142 valence electrons. The van der Waals surface area contributed by atoms with Crippen LogP contribution in [-0.2, 0) is 4.79 Å². The van der Waals surface area contributed by atoms with Crippen molar-refractivity contribution < 1.29 is 9.59 Å². The first-order chi connectivity index (χ1) is 12.7. The molecule has 0 atom stereocenters. The van der Waals surface area contributed by atoms with Crippen molar-refractivity contribution in [3.8, 4) is 0 Å². The van der Waals surface area contributed by atoms with Gasteiger partial charge in [-0.25, -0.2) is 0 Å². The minimum atomic E-state index is -0.0324. The Bertz CT molecular complexity index is 588. The molecule has 2 aliphatic carbocycles. The zero-order valence-corrected chi connectivity index (χ0v) is 15.6. The largest absolute Gasteiger partial charge is 0.349 e. The molecule has 2 aliphatic rings. The van der Waals surface area contributed by atoms with Crippen LogP contribution in [0.25, 0.3) is 0 Å². The highest BCUT2D eigenvalue weighted by Crippen LogP contribution is 2.19. The van der Waals surface area contributed by atoms with Crippen molar-refractivity contribution >= 4 is 17.5 Å². The van der Waals surface area contributed by atoms with Crippen LogP contribution in [0.1, 0.15) is 74.6 Å². The first kappa shape index (κ1) is 18.9. The molecule has 0 spiro atoms. The summed E-state index contributed by atoms with van der Waals surface area (Å²) in [5.74, 6) is -0.0521. The number of rotatable bonds is 6. The molecule has 5 nitrogen and oxygen atoms in total. The molecule has 0 aromatic heterocycles. The number of amides is 2. The van der Waals surface area contributed by atoms with Gasteiger partial charge in [-0.1, -0.05) is 38.5 Å². The maximum Gasteiger partial charge on any atom is 0.251 e. The Morgan fingerprint density at radius 3 is 2.00 bits per heavy atom. The van der Waals surface area contributed by atoms with Gasteiger partial charge in [0.25, 0.3) is 5.91 Å². The van der Waals surface area contributed by atoms with Crippen LogP contribution >= 0.6 is 0 Å². The third-order valence-electron chi connectivity index (χ3n) is 5.53.